The summed E-state index contributed by atoms with van der Waals surface area (Å²) in [5.74, 6) is -0.0308. The van der Waals surface area contributed by atoms with Crippen molar-refractivity contribution in [1.82, 2.24) is 44.2 Å². The molecule has 2 fully saturated rings. The van der Waals surface area contributed by atoms with Crippen molar-refractivity contribution in [3.63, 3.8) is 0 Å². The van der Waals surface area contributed by atoms with Crippen molar-refractivity contribution in [2.45, 2.75) is 48.6 Å². The Kier molecular flexibility index (Phi) is 5.71. The second-order valence-electron chi connectivity index (χ2n) is 10.8. The van der Waals surface area contributed by atoms with Crippen LogP contribution >= 0.6 is 0 Å². The molecule has 14 heteroatoms. The van der Waals surface area contributed by atoms with Gasteiger partial charge in [0.25, 0.3) is 5.91 Å². The molecule has 0 spiro atoms. The minimum Gasteiger partial charge on any atom is -0.384 e. The quantitative estimate of drug-likeness (QED) is 0.321. The third-order valence-electron chi connectivity index (χ3n) is 8.21. The summed E-state index contributed by atoms with van der Waals surface area (Å²) in [7, 11) is -1.85. The number of aromatic amines is 1. The van der Waals surface area contributed by atoms with Crippen molar-refractivity contribution in [2.75, 3.05) is 12.0 Å². The molecule has 41 heavy (non-hydrogen) atoms. The smallest absolute Gasteiger partial charge is 0.292 e. The lowest BCUT2D eigenvalue weighted by Crippen LogP contribution is -2.46. The summed E-state index contributed by atoms with van der Waals surface area (Å²) < 4.78 is 29.5. The molecule has 3 atom stereocenters. The van der Waals surface area contributed by atoms with E-state index in [1.165, 1.54) is 6.33 Å². The molecular weight excluding hydrogens is 544 g/mol. The second kappa shape index (κ2) is 9.23. The number of sulfone groups is 1. The number of nitrogens with zero attached hydrogens (tertiary/aromatic N) is 8. The lowest BCUT2D eigenvalue weighted by atomic mass is 9.87. The Morgan fingerprint density at radius 2 is 1.85 bits per heavy atom. The zero-order chi connectivity index (χ0) is 28.5. The first kappa shape index (κ1) is 25.4. The molecule has 7 rings (SSSR count). The lowest BCUT2D eigenvalue weighted by Gasteiger charge is -2.38. The van der Waals surface area contributed by atoms with Gasteiger partial charge in [0, 0.05) is 61.0 Å². The molecule has 210 valence electrons. The Labute approximate surface area is 235 Å². The van der Waals surface area contributed by atoms with E-state index in [2.05, 4.69) is 25.3 Å². The van der Waals surface area contributed by atoms with Gasteiger partial charge in [0.2, 0.25) is 5.82 Å². The highest BCUT2D eigenvalue weighted by Gasteiger charge is 2.46. The number of fused-ring (bicyclic) bond motifs is 3. The zero-order valence-corrected chi connectivity index (χ0v) is 23.3. The molecule has 0 radical (unpaired) electrons. The highest BCUT2D eigenvalue weighted by atomic mass is 32.2. The maximum Gasteiger partial charge on any atom is 0.292 e. The number of carbonyl (C=O) groups excluding carboxylic acids is 1. The minimum absolute atomic E-state index is 0.0511. The number of aromatic nitrogens is 8. The fraction of sp³-hybridized carbons (Fsp3) is 0.333. The molecule has 0 unspecified atom stereocenters. The zero-order valence-electron chi connectivity index (χ0n) is 22.5. The third-order valence-corrected chi connectivity index (χ3v) is 9.37. The molecule has 2 saturated heterocycles. The van der Waals surface area contributed by atoms with E-state index in [-0.39, 0.29) is 40.4 Å². The molecule has 5 aromatic rings. The second-order valence-corrected chi connectivity index (χ2v) is 12.8. The van der Waals surface area contributed by atoms with Crippen LogP contribution in [-0.2, 0) is 16.9 Å². The average molecular weight is 573 g/mol. The molecule has 13 nitrogen and oxygen atoms in total. The van der Waals surface area contributed by atoms with Crippen molar-refractivity contribution >= 4 is 27.2 Å². The van der Waals surface area contributed by atoms with Gasteiger partial charge in [0.1, 0.15) is 28.4 Å². The van der Waals surface area contributed by atoms with Gasteiger partial charge in [-0.3, -0.25) is 18.9 Å². The Bertz CT molecular complexity index is 1880. The summed E-state index contributed by atoms with van der Waals surface area (Å²) in [6.07, 6.45) is 10.7. The van der Waals surface area contributed by atoms with Gasteiger partial charge >= 0.3 is 0 Å². The number of amides is 1. The average Bonchev–Trinajstić information content (AvgIpc) is 3.74. The highest BCUT2D eigenvalue weighted by molar-refractivity contribution is 7.91. The van der Waals surface area contributed by atoms with Crippen LogP contribution in [0.4, 0.5) is 5.82 Å². The number of pyridine rings is 1. The van der Waals surface area contributed by atoms with Gasteiger partial charge in [-0.05, 0) is 43.9 Å². The van der Waals surface area contributed by atoms with Crippen LogP contribution in [0.15, 0.2) is 54.1 Å². The van der Waals surface area contributed by atoms with E-state index < -0.39 is 9.84 Å². The standard InChI is InChI=1S/C27H28N10O3S/c1-35-9-8-21(34-35)20-6-3-15(13-29-20)19-7-10-36-24(28)23(41(2,39)40)22(32-26(19)36)16-11-17-4-5-18(12-16)37(17)27(38)25-30-14-31-33-25/h3,6-10,13-14,16-18H,4-5,11-12,28H2,1-2H3,(H,30,31,33)/t16-,17-,18+. The van der Waals surface area contributed by atoms with Crippen LogP contribution in [0.25, 0.3) is 28.2 Å². The number of nitrogens with one attached hydrogen (secondary N) is 1. The van der Waals surface area contributed by atoms with Gasteiger partial charge < -0.3 is 15.6 Å². The predicted octanol–water partition coefficient (Wildman–Crippen LogP) is 2.45. The van der Waals surface area contributed by atoms with Crippen LogP contribution in [0, 0.1) is 0 Å². The summed E-state index contributed by atoms with van der Waals surface area (Å²) in [6, 6.07) is 7.50. The SMILES string of the molecule is Cn1ccc(-c2ccc(-c3ccn4c(N)c(S(C)(=O)=O)c([C@@H]5C[C@H]6CC[C@@H](C5)N6C(=O)c5nnc[nH]5)nc34)cn2)n1. The van der Waals surface area contributed by atoms with Gasteiger partial charge in [-0.25, -0.2) is 13.4 Å². The van der Waals surface area contributed by atoms with Crippen LogP contribution in [0.2, 0.25) is 0 Å². The first-order chi connectivity index (χ1) is 19.7. The van der Waals surface area contributed by atoms with E-state index in [0.29, 0.717) is 24.2 Å². The largest absolute Gasteiger partial charge is 0.384 e. The van der Waals surface area contributed by atoms with Crippen LogP contribution < -0.4 is 5.73 Å². The maximum atomic E-state index is 13.1. The van der Waals surface area contributed by atoms with Crippen LogP contribution in [0.5, 0.6) is 0 Å². The number of hydrogen-bond acceptors (Lipinski definition) is 9. The van der Waals surface area contributed by atoms with Gasteiger partial charge in [0.05, 0.1) is 11.4 Å². The normalized spacial score (nSPS) is 20.6. The molecule has 0 saturated carbocycles. The number of nitrogen functional groups attached to an aromatic ring is 1. The van der Waals surface area contributed by atoms with E-state index >= 15 is 0 Å². The van der Waals surface area contributed by atoms with E-state index in [1.807, 2.05) is 42.4 Å². The molecule has 1 amide bonds. The topological polar surface area (TPSA) is 170 Å². The van der Waals surface area contributed by atoms with Crippen molar-refractivity contribution in [1.29, 1.82) is 0 Å². The number of anilines is 1. The van der Waals surface area contributed by atoms with Crippen LogP contribution in [0.1, 0.15) is 47.9 Å². The van der Waals surface area contributed by atoms with Crippen LogP contribution in [-0.4, -0.2) is 76.9 Å². The number of H-pyrrole nitrogens is 1. The van der Waals surface area contributed by atoms with Gasteiger partial charge in [-0.15, -0.1) is 10.2 Å². The Hall–Kier alpha value is -4.59. The third kappa shape index (κ3) is 4.17. The van der Waals surface area contributed by atoms with Gasteiger partial charge in [0.15, 0.2) is 9.84 Å². The van der Waals surface area contributed by atoms with Crippen molar-refractivity contribution in [2.24, 2.45) is 7.05 Å². The van der Waals surface area contributed by atoms with E-state index in [1.54, 1.807) is 21.5 Å². The fourth-order valence-electron chi connectivity index (χ4n) is 6.44. The van der Waals surface area contributed by atoms with E-state index in [4.69, 9.17) is 10.7 Å². The maximum absolute atomic E-state index is 13.1. The molecule has 2 bridgehead atoms. The monoisotopic (exact) mass is 572 g/mol. The molecule has 5 aromatic heterocycles. The number of nitrogens with two attached hydrogens (primary N) is 1. The Balaban J connectivity index is 1.28. The van der Waals surface area contributed by atoms with Crippen molar-refractivity contribution in [3.05, 3.63) is 60.7 Å². The number of carbonyl (C=O) groups is 1. The first-order valence-electron chi connectivity index (χ1n) is 13.3. The van der Waals surface area contributed by atoms with Gasteiger partial charge in [-0.2, -0.15) is 5.10 Å². The molecule has 2 aliphatic heterocycles. The Morgan fingerprint density at radius 1 is 1.07 bits per heavy atom. The van der Waals surface area contributed by atoms with E-state index in [0.717, 1.165) is 41.6 Å². The summed E-state index contributed by atoms with van der Waals surface area (Å²) in [5.41, 5.74) is 10.7. The number of rotatable bonds is 5. The molecule has 3 N–H and O–H groups in total. The van der Waals surface area contributed by atoms with Crippen molar-refractivity contribution < 1.29 is 13.2 Å². The highest BCUT2D eigenvalue weighted by Crippen LogP contribution is 2.45. The number of piperidine rings is 1. The molecule has 2 aliphatic rings. The first-order valence-corrected chi connectivity index (χ1v) is 15.2. The number of aryl methyl sites for hydroxylation is 1. The summed E-state index contributed by atoms with van der Waals surface area (Å²) in [4.78, 5) is 27.5. The molecular formula is C27H28N10O3S. The summed E-state index contributed by atoms with van der Waals surface area (Å²) >= 11 is 0. The van der Waals surface area contributed by atoms with Crippen molar-refractivity contribution in [3.8, 4) is 22.5 Å². The number of hydrogen-bond donors (Lipinski definition) is 2. The summed E-state index contributed by atoms with van der Waals surface area (Å²) in [6.45, 7) is 0. The van der Waals surface area contributed by atoms with Crippen LogP contribution in [0.3, 0.4) is 0 Å². The summed E-state index contributed by atoms with van der Waals surface area (Å²) in [5, 5.41) is 12.0. The predicted molar refractivity (Wildman–Crippen MR) is 149 cm³/mol. The fourth-order valence-corrected chi connectivity index (χ4v) is 7.51. The molecule has 0 aromatic carbocycles. The lowest BCUT2D eigenvalue weighted by molar-refractivity contribution is 0.0556. The molecule has 7 heterocycles. The van der Waals surface area contributed by atoms with Gasteiger partial charge in [-0.1, -0.05) is 6.07 Å². The minimum atomic E-state index is -3.71. The van der Waals surface area contributed by atoms with E-state index in [9.17, 15) is 13.2 Å². The molecule has 0 aliphatic carbocycles. The Morgan fingerprint density at radius 3 is 2.46 bits per heavy atom.